The summed E-state index contributed by atoms with van der Waals surface area (Å²) >= 11 is 0. The van der Waals surface area contributed by atoms with Crippen LogP contribution in [0.4, 0.5) is 4.39 Å². The Morgan fingerprint density at radius 1 is 1.39 bits per heavy atom. The smallest absolute Gasteiger partial charge is 0.146 e. The molecule has 128 valence electrons. The molecule has 1 unspecified atom stereocenters. The second-order valence-electron chi connectivity index (χ2n) is 6.82. The van der Waals surface area contributed by atoms with E-state index in [2.05, 4.69) is 23.3 Å². The molecule has 1 heterocycles. The summed E-state index contributed by atoms with van der Waals surface area (Å²) < 4.78 is 14.0. The number of rotatable bonds is 7. The van der Waals surface area contributed by atoms with Crippen molar-refractivity contribution in [2.75, 3.05) is 6.61 Å². The van der Waals surface area contributed by atoms with Gasteiger partial charge in [0, 0.05) is 12.6 Å². The van der Waals surface area contributed by atoms with Crippen LogP contribution in [-0.4, -0.2) is 22.7 Å². The molecule has 1 aliphatic rings. The number of nitrogens with zero attached hydrogens (tertiary/aromatic N) is 1. The number of aliphatic hydroxyl groups is 1. The number of nitrogens with one attached hydrogen (secondary N) is 1. The molecule has 0 aromatic carbocycles. The third-order valence-electron chi connectivity index (χ3n) is 4.88. The molecule has 0 bridgehead atoms. The van der Waals surface area contributed by atoms with Crippen LogP contribution in [0.5, 0.6) is 0 Å². The molecule has 1 aromatic rings. The lowest BCUT2D eigenvalue weighted by Crippen LogP contribution is -2.37. The molecule has 0 radical (unpaired) electrons. The van der Waals surface area contributed by atoms with Gasteiger partial charge in [0.15, 0.2) is 0 Å². The number of hydrogen-bond donors (Lipinski definition) is 2. The van der Waals surface area contributed by atoms with Gasteiger partial charge < -0.3 is 10.4 Å². The maximum atomic E-state index is 14.0. The van der Waals surface area contributed by atoms with Crippen molar-refractivity contribution in [2.45, 2.75) is 59.0 Å². The lowest BCUT2D eigenvalue weighted by Gasteiger charge is -2.21. The molecule has 1 aliphatic carbocycles. The van der Waals surface area contributed by atoms with Crippen LogP contribution >= 0.6 is 0 Å². The zero-order valence-corrected chi connectivity index (χ0v) is 14.5. The van der Waals surface area contributed by atoms with Gasteiger partial charge in [-0.1, -0.05) is 33.3 Å². The number of allylic oxidation sites excluding steroid dienone is 2. The van der Waals surface area contributed by atoms with Crippen LogP contribution in [0.25, 0.3) is 5.57 Å². The first kappa shape index (κ1) is 18.1. The fourth-order valence-electron chi connectivity index (χ4n) is 3.02. The Bertz CT molecular complexity index is 542. The molecular formula is C19H29FN2O. The van der Waals surface area contributed by atoms with E-state index in [4.69, 9.17) is 0 Å². The Morgan fingerprint density at radius 3 is 2.74 bits per heavy atom. The van der Waals surface area contributed by atoms with E-state index in [0.29, 0.717) is 18.2 Å². The first-order valence-electron chi connectivity index (χ1n) is 8.74. The van der Waals surface area contributed by atoms with Crippen LogP contribution < -0.4 is 5.32 Å². The predicted molar refractivity (Wildman–Crippen MR) is 92.4 cm³/mol. The van der Waals surface area contributed by atoms with Crippen LogP contribution in [0.15, 0.2) is 18.2 Å². The normalized spacial score (nSPS) is 19.7. The third-order valence-corrected chi connectivity index (χ3v) is 4.88. The minimum atomic E-state index is -0.287. The lowest BCUT2D eigenvalue weighted by molar-refractivity contribution is 0.209. The fourth-order valence-corrected chi connectivity index (χ4v) is 3.02. The fraction of sp³-hybridized carbons (Fsp3) is 0.632. The van der Waals surface area contributed by atoms with Gasteiger partial charge in [0.1, 0.15) is 5.82 Å². The number of aliphatic hydroxyl groups excluding tert-OH is 1. The third kappa shape index (κ3) is 4.85. The monoisotopic (exact) mass is 320 g/mol. The molecule has 3 nitrogen and oxygen atoms in total. The van der Waals surface area contributed by atoms with Crippen molar-refractivity contribution >= 4 is 5.57 Å². The van der Waals surface area contributed by atoms with Crippen LogP contribution in [0, 0.1) is 17.7 Å². The van der Waals surface area contributed by atoms with Crippen molar-refractivity contribution in [2.24, 2.45) is 11.8 Å². The van der Waals surface area contributed by atoms with E-state index in [-0.39, 0.29) is 18.5 Å². The second-order valence-corrected chi connectivity index (χ2v) is 6.82. The minimum Gasteiger partial charge on any atom is -0.395 e. The molecule has 0 saturated heterocycles. The molecular weight excluding hydrogens is 291 g/mol. The van der Waals surface area contributed by atoms with Gasteiger partial charge in [0.2, 0.25) is 0 Å². The van der Waals surface area contributed by atoms with Crippen molar-refractivity contribution in [1.29, 1.82) is 0 Å². The Morgan fingerprint density at radius 2 is 2.17 bits per heavy atom. The Labute approximate surface area is 139 Å². The molecule has 0 amide bonds. The largest absolute Gasteiger partial charge is 0.395 e. The van der Waals surface area contributed by atoms with Gasteiger partial charge in [0.25, 0.3) is 0 Å². The quantitative estimate of drug-likeness (QED) is 0.800. The summed E-state index contributed by atoms with van der Waals surface area (Å²) in [6, 6.07) is 3.25. The molecule has 0 saturated carbocycles. The van der Waals surface area contributed by atoms with Crippen molar-refractivity contribution < 1.29 is 9.50 Å². The number of halogens is 1. The molecule has 0 aliphatic heterocycles. The summed E-state index contributed by atoms with van der Waals surface area (Å²) in [5, 5.41) is 12.6. The molecule has 2 atom stereocenters. The highest BCUT2D eigenvalue weighted by Gasteiger charge is 2.17. The summed E-state index contributed by atoms with van der Waals surface area (Å²) in [5.74, 6) is 0.777. The summed E-state index contributed by atoms with van der Waals surface area (Å²) in [6.45, 7) is 6.68. The van der Waals surface area contributed by atoms with E-state index < -0.39 is 0 Å². The zero-order chi connectivity index (χ0) is 16.8. The molecule has 2 rings (SSSR count). The highest BCUT2D eigenvalue weighted by atomic mass is 19.1. The number of pyridine rings is 1. The van der Waals surface area contributed by atoms with Gasteiger partial charge in [-0.15, -0.1) is 0 Å². The highest BCUT2D eigenvalue weighted by Crippen LogP contribution is 2.31. The Kier molecular flexibility index (Phi) is 6.72. The second kappa shape index (κ2) is 8.55. The summed E-state index contributed by atoms with van der Waals surface area (Å²) in [6.07, 6.45) is 6.79. The van der Waals surface area contributed by atoms with Crippen LogP contribution in [0.1, 0.15) is 57.8 Å². The Balaban J connectivity index is 2.08. The van der Waals surface area contributed by atoms with E-state index in [1.807, 2.05) is 13.8 Å². The lowest BCUT2D eigenvalue weighted by atomic mass is 9.86. The van der Waals surface area contributed by atoms with Gasteiger partial charge in [0.05, 0.1) is 18.0 Å². The van der Waals surface area contributed by atoms with Gasteiger partial charge in [-0.3, -0.25) is 0 Å². The van der Waals surface area contributed by atoms with E-state index in [1.165, 1.54) is 24.5 Å². The number of hydrogen-bond acceptors (Lipinski definition) is 3. The van der Waals surface area contributed by atoms with Crippen LogP contribution in [0.2, 0.25) is 0 Å². The van der Waals surface area contributed by atoms with Gasteiger partial charge in [-0.05, 0) is 48.8 Å². The average Bonchev–Trinajstić information content (AvgIpc) is 2.56. The van der Waals surface area contributed by atoms with Crippen molar-refractivity contribution in [3.05, 3.63) is 35.4 Å². The minimum absolute atomic E-state index is 0.0425. The van der Waals surface area contributed by atoms with Crippen LogP contribution in [0.3, 0.4) is 0 Å². The summed E-state index contributed by atoms with van der Waals surface area (Å²) in [4.78, 5) is 4.52. The van der Waals surface area contributed by atoms with E-state index >= 15 is 0 Å². The predicted octanol–water partition coefficient (Wildman–Crippen LogP) is 3.92. The van der Waals surface area contributed by atoms with E-state index in [9.17, 15) is 9.50 Å². The number of aromatic nitrogens is 1. The van der Waals surface area contributed by atoms with E-state index in [0.717, 1.165) is 24.5 Å². The molecule has 23 heavy (non-hydrogen) atoms. The first-order valence-corrected chi connectivity index (χ1v) is 8.74. The topological polar surface area (TPSA) is 45.1 Å². The maximum Gasteiger partial charge on any atom is 0.146 e. The first-order chi connectivity index (χ1) is 11.0. The van der Waals surface area contributed by atoms with Crippen molar-refractivity contribution in [3.8, 4) is 0 Å². The van der Waals surface area contributed by atoms with Crippen molar-refractivity contribution in [1.82, 2.24) is 10.3 Å². The molecule has 0 spiro atoms. The van der Waals surface area contributed by atoms with Crippen molar-refractivity contribution in [3.63, 3.8) is 0 Å². The summed E-state index contributed by atoms with van der Waals surface area (Å²) in [7, 11) is 0. The average molecular weight is 320 g/mol. The maximum absolute atomic E-state index is 14.0. The van der Waals surface area contributed by atoms with Gasteiger partial charge in [-0.25, -0.2) is 9.37 Å². The molecule has 4 heteroatoms. The van der Waals surface area contributed by atoms with Gasteiger partial charge >= 0.3 is 0 Å². The molecule has 2 N–H and O–H groups in total. The highest BCUT2D eigenvalue weighted by molar-refractivity contribution is 5.63. The van der Waals surface area contributed by atoms with Crippen LogP contribution in [-0.2, 0) is 6.54 Å². The SMILES string of the molecule is CCC1CC=C(c2ccc(F)c(CN[C@@H](CO)C(C)C)n2)CC1. The molecule has 0 fully saturated rings. The Hall–Kier alpha value is -1.26. The zero-order valence-electron chi connectivity index (χ0n) is 14.5. The summed E-state index contributed by atoms with van der Waals surface area (Å²) in [5.41, 5.74) is 2.56. The molecule has 1 aromatic heterocycles. The standard InChI is InChI=1S/C19H29FN2O/c1-4-14-5-7-15(8-6-14)17-10-9-16(20)18(22-17)11-21-19(12-23)13(2)3/h7,9-10,13-14,19,21,23H,4-6,8,11-12H2,1-3H3/t14?,19-/m0/s1. The van der Waals surface area contributed by atoms with Gasteiger partial charge in [-0.2, -0.15) is 0 Å². The van der Waals surface area contributed by atoms with E-state index in [1.54, 1.807) is 6.07 Å².